The average Bonchev–Trinajstić information content (AvgIpc) is 2.44. The molecule has 3 heteroatoms. The number of nitrogens with zero attached hydrogens (tertiary/aromatic N) is 1. The van der Waals surface area contributed by atoms with Crippen molar-refractivity contribution in [1.29, 1.82) is 0 Å². The van der Waals surface area contributed by atoms with Crippen LogP contribution in [0.25, 0.3) is 0 Å². The normalized spacial score (nSPS) is 15.7. The third kappa shape index (κ3) is 1.48. The van der Waals surface area contributed by atoms with Crippen LogP contribution in [-0.2, 0) is 6.54 Å². The Kier molecular flexibility index (Phi) is 2.00. The van der Waals surface area contributed by atoms with Crippen LogP contribution >= 0.6 is 0 Å². The Morgan fingerprint density at radius 1 is 1.33 bits per heavy atom. The molecule has 1 aromatic rings. The fourth-order valence-electron chi connectivity index (χ4n) is 1.93. The van der Waals surface area contributed by atoms with Crippen molar-refractivity contribution in [2.75, 3.05) is 5.73 Å². The molecule has 1 aliphatic rings. The first kappa shape index (κ1) is 10.0. The van der Waals surface area contributed by atoms with E-state index in [1.54, 1.807) is 6.07 Å². The second-order valence-electron chi connectivity index (χ2n) is 4.94. The first-order chi connectivity index (χ1) is 6.91. The van der Waals surface area contributed by atoms with Gasteiger partial charge in [-0.1, -0.05) is 12.1 Å². The highest BCUT2D eigenvalue weighted by Crippen LogP contribution is 2.31. The van der Waals surface area contributed by atoms with Crippen molar-refractivity contribution >= 4 is 11.6 Å². The van der Waals surface area contributed by atoms with Crippen molar-refractivity contribution in [1.82, 2.24) is 4.90 Å². The van der Waals surface area contributed by atoms with Crippen molar-refractivity contribution in [2.45, 2.75) is 32.9 Å². The Balaban J connectivity index is 2.47. The van der Waals surface area contributed by atoms with Crippen LogP contribution in [0, 0.1) is 0 Å². The molecule has 2 rings (SSSR count). The minimum absolute atomic E-state index is 0.0515. The highest BCUT2D eigenvalue weighted by molar-refractivity contribution is 6.03. The molecule has 0 saturated carbocycles. The number of benzene rings is 1. The molecule has 0 aliphatic carbocycles. The summed E-state index contributed by atoms with van der Waals surface area (Å²) in [5.74, 6) is 0.0515. The van der Waals surface area contributed by atoms with Crippen LogP contribution in [0.1, 0.15) is 36.7 Å². The molecule has 15 heavy (non-hydrogen) atoms. The van der Waals surface area contributed by atoms with Crippen LogP contribution in [-0.4, -0.2) is 16.3 Å². The first-order valence-corrected chi connectivity index (χ1v) is 5.10. The quantitative estimate of drug-likeness (QED) is 0.657. The maximum Gasteiger partial charge on any atom is 0.257 e. The van der Waals surface area contributed by atoms with Gasteiger partial charge in [0, 0.05) is 17.8 Å². The average molecular weight is 204 g/mol. The molecule has 0 unspecified atom stereocenters. The van der Waals surface area contributed by atoms with Crippen molar-refractivity contribution in [2.24, 2.45) is 0 Å². The number of carbonyl (C=O) groups excluding carboxylic acids is 1. The molecule has 0 radical (unpaired) electrons. The second-order valence-corrected chi connectivity index (χ2v) is 4.94. The van der Waals surface area contributed by atoms with Gasteiger partial charge in [0.15, 0.2) is 0 Å². The smallest absolute Gasteiger partial charge is 0.257 e. The Morgan fingerprint density at radius 2 is 2.00 bits per heavy atom. The van der Waals surface area contributed by atoms with Crippen LogP contribution in [0.2, 0.25) is 0 Å². The first-order valence-electron chi connectivity index (χ1n) is 5.10. The highest BCUT2D eigenvalue weighted by atomic mass is 16.2. The molecule has 3 nitrogen and oxygen atoms in total. The van der Waals surface area contributed by atoms with Crippen LogP contribution in [0.3, 0.4) is 0 Å². The molecule has 1 aliphatic heterocycles. The lowest BCUT2D eigenvalue weighted by atomic mass is 10.1. The molecule has 80 valence electrons. The van der Waals surface area contributed by atoms with Gasteiger partial charge in [0.1, 0.15) is 0 Å². The summed E-state index contributed by atoms with van der Waals surface area (Å²) in [4.78, 5) is 14.0. The third-order valence-corrected chi connectivity index (χ3v) is 2.78. The van der Waals surface area contributed by atoms with E-state index < -0.39 is 0 Å². The lowest BCUT2D eigenvalue weighted by Crippen LogP contribution is -2.41. The fraction of sp³-hybridized carbons (Fsp3) is 0.417. The topological polar surface area (TPSA) is 46.3 Å². The van der Waals surface area contributed by atoms with Gasteiger partial charge in [-0.25, -0.2) is 0 Å². The van der Waals surface area contributed by atoms with E-state index in [1.165, 1.54) is 0 Å². The summed E-state index contributed by atoms with van der Waals surface area (Å²) in [6.45, 7) is 6.77. The van der Waals surface area contributed by atoms with E-state index in [2.05, 4.69) is 0 Å². The molecule has 0 saturated heterocycles. The molecule has 0 bridgehead atoms. The number of hydrogen-bond acceptors (Lipinski definition) is 2. The van der Waals surface area contributed by atoms with E-state index in [-0.39, 0.29) is 11.4 Å². The fourth-order valence-corrected chi connectivity index (χ4v) is 1.93. The molecular weight excluding hydrogens is 188 g/mol. The Bertz CT molecular complexity index is 418. The zero-order valence-electron chi connectivity index (χ0n) is 9.37. The van der Waals surface area contributed by atoms with Gasteiger partial charge in [0.25, 0.3) is 5.91 Å². The zero-order valence-corrected chi connectivity index (χ0v) is 9.37. The molecule has 1 heterocycles. The van der Waals surface area contributed by atoms with E-state index in [4.69, 9.17) is 5.73 Å². The number of amides is 1. The summed E-state index contributed by atoms with van der Waals surface area (Å²) in [5.41, 5.74) is 7.98. The largest absolute Gasteiger partial charge is 0.398 e. The van der Waals surface area contributed by atoms with Gasteiger partial charge in [-0.3, -0.25) is 4.79 Å². The maximum absolute atomic E-state index is 12.1. The van der Waals surface area contributed by atoms with Crippen molar-refractivity contribution < 1.29 is 4.79 Å². The van der Waals surface area contributed by atoms with Gasteiger partial charge in [-0.2, -0.15) is 0 Å². The van der Waals surface area contributed by atoms with Crippen LogP contribution in [0.4, 0.5) is 5.69 Å². The van der Waals surface area contributed by atoms with Crippen molar-refractivity contribution in [3.05, 3.63) is 29.3 Å². The summed E-state index contributed by atoms with van der Waals surface area (Å²) in [6.07, 6.45) is 0. The minimum atomic E-state index is -0.150. The molecule has 1 aromatic carbocycles. The van der Waals surface area contributed by atoms with E-state index >= 15 is 0 Å². The number of carbonyl (C=O) groups is 1. The number of hydrogen-bond donors (Lipinski definition) is 1. The molecule has 1 amide bonds. The highest BCUT2D eigenvalue weighted by Gasteiger charge is 2.35. The van der Waals surface area contributed by atoms with Gasteiger partial charge < -0.3 is 10.6 Å². The molecule has 0 fully saturated rings. The molecular formula is C12H16N2O. The predicted octanol–water partition coefficient (Wildman–Crippen LogP) is 2.02. The standard InChI is InChI=1S/C12H16N2O/c1-12(2,3)14-7-8-5-4-6-9(13)10(8)11(14)15/h4-6H,7,13H2,1-3H3. The lowest BCUT2D eigenvalue weighted by molar-refractivity contribution is 0.0610. The number of rotatable bonds is 0. The van der Waals surface area contributed by atoms with E-state index in [0.717, 1.165) is 5.56 Å². The Labute approximate surface area is 89.9 Å². The minimum Gasteiger partial charge on any atom is -0.398 e. The van der Waals surface area contributed by atoms with Crippen LogP contribution < -0.4 is 5.73 Å². The summed E-state index contributed by atoms with van der Waals surface area (Å²) in [5, 5.41) is 0. The third-order valence-electron chi connectivity index (χ3n) is 2.78. The maximum atomic E-state index is 12.1. The molecule has 2 N–H and O–H groups in total. The molecule has 0 spiro atoms. The summed E-state index contributed by atoms with van der Waals surface area (Å²) >= 11 is 0. The van der Waals surface area contributed by atoms with Gasteiger partial charge in [0.2, 0.25) is 0 Å². The van der Waals surface area contributed by atoms with Crippen molar-refractivity contribution in [3.63, 3.8) is 0 Å². The number of fused-ring (bicyclic) bond motifs is 1. The van der Waals surface area contributed by atoms with Gasteiger partial charge in [-0.05, 0) is 32.4 Å². The van der Waals surface area contributed by atoms with E-state index in [0.29, 0.717) is 17.8 Å². The van der Waals surface area contributed by atoms with Crippen LogP contribution in [0.15, 0.2) is 18.2 Å². The lowest BCUT2D eigenvalue weighted by Gasteiger charge is -2.31. The zero-order chi connectivity index (χ0) is 11.2. The van der Waals surface area contributed by atoms with Crippen LogP contribution in [0.5, 0.6) is 0 Å². The molecule has 0 aromatic heterocycles. The Morgan fingerprint density at radius 3 is 2.53 bits per heavy atom. The monoisotopic (exact) mass is 204 g/mol. The second kappa shape index (κ2) is 2.99. The summed E-state index contributed by atoms with van der Waals surface area (Å²) in [7, 11) is 0. The number of nitrogen functional groups attached to an aromatic ring is 1. The number of nitrogens with two attached hydrogens (primary N) is 1. The predicted molar refractivity (Wildman–Crippen MR) is 60.5 cm³/mol. The van der Waals surface area contributed by atoms with Crippen molar-refractivity contribution in [3.8, 4) is 0 Å². The van der Waals surface area contributed by atoms with E-state index in [1.807, 2.05) is 37.8 Å². The summed E-state index contributed by atoms with van der Waals surface area (Å²) < 4.78 is 0. The van der Waals surface area contributed by atoms with E-state index in [9.17, 15) is 4.79 Å². The Hall–Kier alpha value is -1.51. The summed E-state index contributed by atoms with van der Waals surface area (Å²) in [6, 6.07) is 5.64. The van der Waals surface area contributed by atoms with Gasteiger partial charge in [0.05, 0.1) is 5.56 Å². The van der Waals surface area contributed by atoms with Gasteiger partial charge >= 0.3 is 0 Å². The van der Waals surface area contributed by atoms with Gasteiger partial charge in [-0.15, -0.1) is 0 Å². The SMILES string of the molecule is CC(C)(C)N1Cc2cccc(N)c2C1=O. The molecule has 0 atom stereocenters. The number of anilines is 1.